The van der Waals surface area contributed by atoms with Gasteiger partial charge >= 0.3 is 0 Å². The summed E-state index contributed by atoms with van der Waals surface area (Å²) in [7, 11) is 3.23. The number of fused-ring (bicyclic) bond motifs is 4. The molecule has 2 aliphatic heterocycles. The predicted molar refractivity (Wildman–Crippen MR) is 158 cm³/mol. The number of ether oxygens (including phenoxy) is 4. The van der Waals surface area contributed by atoms with Crippen molar-refractivity contribution in [1.29, 1.82) is 0 Å². The number of carbonyl (C=O) groups is 2. The molecule has 0 radical (unpaired) electrons. The molecule has 0 bridgehead atoms. The fourth-order valence-corrected chi connectivity index (χ4v) is 5.66. The van der Waals surface area contributed by atoms with E-state index in [4.69, 9.17) is 18.9 Å². The summed E-state index contributed by atoms with van der Waals surface area (Å²) in [6.45, 7) is 2.51. The van der Waals surface area contributed by atoms with E-state index in [1.54, 1.807) is 42.2 Å². The maximum atomic E-state index is 14.5. The lowest BCUT2D eigenvalue weighted by atomic mass is 9.96. The van der Waals surface area contributed by atoms with E-state index >= 15 is 0 Å². The van der Waals surface area contributed by atoms with Crippen LogP contribution in [0.5, 0.6) is 23.0 Å². The molecule has 0 fully saturated rings. The quantitative estimate of drug-likeness (QED) is 0.262. The van der Waals surface area contributed by atoms with Crippen molar-refractivity contribution in [3.63, 3.8) is 0 Å². The number of methoxy groups -OCH3 is 2. The van der Waals surface area contributed by atoms with E-state index < -0.39 is 6.04 Å². The van der Waals surface area contributed by atoms with Crippen LogP contribution in [0, 0.1) is 0 Å². The first-order valence-electron chi connectivity index (χ1n) is 14.0. The molecule has 1 aromatic heterocycles. The summed E-state index contributed by atoms with van der Waals surface area (Å²) < 4.78 is 24.4. The van der Waals surface area contributed by atoms with Gasteiger partial charge in [-0.3, -0.25) is 14.5 Å². The first kappa shape index (κ1) is 27.3. The van der Waals surface area contributed by atoms with Crippen molar-refractivity contribution in [2.45, 2.75) is 25.8 Å². The number of amides is 2. The van der Waals surface area contributed by atoms with Gasteiger partial charge in [0.15, 0.2) is 11.5 Å². The minimum atomic E-state index is -0.527. The molecule has 4 aromatic rings. The second-order valence-electron chi connectivity index (χ2n) is 10.2. The first-order valence-corrected chi connectivity index (χ1v) is 14.0. The summed E-state index contributed by atoms with van der Waals surface area (Å²) in [5, 5.41) is 0. The highest BCUT2D eigenvalue weighted by molar-refractivity contribution is 6.03. The number of hydrogen-bond acceptors (Lipinski definition) is 6. The lowest BCUT2D eigenvalue weighted by Crippen LogP contribution is -2.47. The van der Waals surface area contributed by atoms with Gasteiger partial charge in [0.25, 0.3) is 5.91 Å². The molecule has 9 nitrogen and oxygen atoms in total. The molecule has 2 amide bonds. The van der Waals surface area contributed by atoms with Crippen LogP contribution in [-0.2, 0) is 4.79 Å². The van der Waals surface area contributed by atoms with E-state index in [1.807, 2.05) is 60.8 Å². The standard InChI is InChI=1S/C33H33N3O6/c1-4-5-16-34(33(38)22-12-14-29-30(18-22)42-21-41-29)20-31(37)36-26-10-7-6-9-25(26)35-17-8-11-27(35)32(36)24-19-23(39-2)13-15-28(24)40-3/h6-15,17-19,32H,4-5,16,20-21H2,1-3H3. The van der Waals surface area contributed by atoms with E-state index in [2.05, 4.69) is 11.5 Å². The molecule has 1 unspecified atom stereocenters. The van der Waals surface area contributed by atoms with E-state index in [9.17, 15) is 9.59 Å². The average molecular weight is 568 g/mol. The highest BCUT2D eigenvalue weighted by Gasteiger charge is 2.38. The molecule has 42 heavy (non-hydrogen) atoms. The van der Waals surface area contributed by atoms with Gasteiger partial charge in [-0.2, -0.15) is 0 Å². The topological polar surface area (TPSA) is 82.5 Å². The molecule has 6 rings (SSSR count). The van der Waals surface area contributed by atoms with E-state index in [0.717, 1.165) is 35.5 Å². The number of benzene rings is 3. The van der Waals surface area contributed by atoms with E-state index in [0.29, 0.717) is 35.1 Å². The fourth-order valence-electron chi connectivity index (χ4n) is 5.66. The maximum Gasteiger partial charge on any atom is 0.254 e. The zero-order chi connectivity index (χ0) is 29.2. The summed E-state index contributed by atoms with van der Waals surface area (Å²) >= 11 is 0. The van der Waals surface area contributed by atoms with Crippen LogP contribution in [0.2, 0.25) is 0 Å². The molecule has 0 N–H and O–H groups in total. The van der Waals surface area contributed by atoms with Gasteiger partial charge in [-0.05, 0) is 67.1 Å². The third-order valence-corrected chi connectivity index (χ3v) is 7.73. The number of hydrogen-bond donors (Lipinski definition) is 0. The predicted octanol–water partition coefficient (Wildman–Crippen LogP) is 5.60. The Morgan fingerprint density at radius 3 is 2.52 bits per heavy atom. The van der Waals surface area contributed by atoms with Gasteiger partial charge < -0.3 is 28.4 Å². The smallest absolute Gasteiger partial charge is 0.254 e. The molecular weight excluding hydrogens is 534 g/mol. The molecule has 0 saturated heterocycles. The molecule has 0 saturated carbocycles. The Bertz CT molecular complexity index is 1630. The fraction of sp³-hybridized carbons (Fsp3) is 0.273. The molecular formula is C33H33N3O6. The number of unbranched alkanes of at least 4 members (excludes halogenated alkanes) is 1. The minimum Gasteiger partial charge on any atom is -0.497 e. The van der Waals surface area contributed by atoms with Gasteiger partial charge in [0.1, 0.15) is 24.1 Å². The molecule has 9 heteroatoms. The van der Waals surface area contributed by atoms with Crippen LogP contribution < -0.4 is 23.8 Å². The molecule has 3 heterocycles. The van der Waals surface area contributed by atoms with Crippen LogP contribution in [0.25, 0.3) is 5.69 Å². The number of anilines is 1. The number of nitrogens with zero attached hydrogens (tertiary/aromatic N) is 3. The molecule has 3 aromatic carbocycles. The largest absolute Gasteiger partial charge is 0.497 e. The third kappa shape index (κ3) is 4.81. The number of aromatic nitrogens is 1. The van der Waals surface area contributed by atoms with Crippen molar-refractivity contribution in [2.24, 2.45) is 0 Å². The third-order valence-electron chi connectivity index (χ3n) is 7.73. The van der Waals surface area contributed by atoms with Crippen molar-refractivity contribution >= 4 is 17.5 Å². The second-order valence-corrected chi connectivity index (χ2v) is 10.2. The maximum absolute atomic E-state index is 14.5. The summed E-state index contributed by atoms with van der Waals surface area (Å²) in [4.78, 5) is 31.8. The zero-order valence-electron chi connectivity index (χ0n) is 23.9. The molecule has 0 spiro atoms. The SMILES string of the molecule is CCCCN(CC(=O)N1c2ccccc2-n2cccc2C1c1cc(OC)ccc1OC)C(=O)c1ccc2c(c1)OCO2. The summed E-state index contributed by atoms with van der Waals surface area (Å²) in [6.07, 6.45) is 3.63. The second kappa shape index (κ2) is 11.5. The van der Waals surface area contributed by atoms with Gasteiger partial charge in [-0.25, -0.2) is 0 Å². The van der Waals surface area contributed by atoms with Gasteiger partial charge in [0, 0.05) is 23.9 Å². The highest BCUT2D eigenvalue weighted by Crippen LogP contribution is 2.45. The Hall–Kier alpha value is -4.92. The normalized spacial score (nSPS) is 14.6. The number of rotatable bonds is 9. The highest BCUT2D eigenvalue weighted by atomic mass is 16.7. The zero-order valence-corrected chi connectivity index (χ0v) is 23.9. The van der Waals surface area contributed by atoms with Crippen molar-refractivity contribution in [2.75, 3.05) is 39.0 Å². The van der Waals surface area contributed by atoms with Crippen LogP contribution in [-0.4, -0.2) is 55.4 Å². The van der Waals surface area contributed by atoms with E-state index in [-0.39, 0.29) is 25.2 Å². The van der Waals surface area contributed by atoms with Gasteiger partial charge in [0.2, 0.25) is 12.7 Å². The molecule has 2 aliphatic rings. The molecule has 0 aliphatic carbocycles. The van der Waals surface area contributed by atoms with Crippen molar-refractivity contribution in [3.8, 4) is 28.7 Å². The Balaban J connectivity index is 1.42. The Labute approximate surface area is 244 Å². The van der Waals surface area contributed by atoms with Gasteiger partial charge in [-0.15, -0.1) is 0 Å². The number of carbonyl (C=O) groups excluding carboxylic acids is 2. The van der Waals surface area contributed by atoms with Crippen molar-refractivity contribution < 1.29 is 28.5 Å². The van der Waals surface area contributed by atoms with Crippen molar-refractivity contribution in [3.05, 3.63) is 95.8 Å². The molecule has 216 valence electrons. The summed E-state index contributed by atoms with van der Waals surface area (Å²) in [6, 6.07) is 22.0. The van der Waals surface area contributed by atoms with Crippen LogP contribution in [0.15, 0.2) is 79.0 Å². The van der Waals surface area contributed by atoms with Gasteiger partial charge in [0.05, 0.1) is 31.3 Å². The monoisotopic (exact) mass is 567 g/mol. The summed E-state index contributed by atoms with van der Waals surface area (Å²) in [5.74, 6) is 1.96. The number of para-hydroxylation sites is 2. The van der Waals surface area contributed by atoms with E-state index in [1.165, 1.54) is 0 Å². The summed E-state index contributed by atoms with van der Waals surface area (Å²) in [5.41, 5.74) is 3.75. The Kier molecular flexibility index (Phi) is 7.48. The Morgan fingerprint density at radius 2 is 1.74 bits per heavy atom. The lowest BCUT2D eigenvalue weighted by molar-refractivity contribution is -0.119. The first-order chi connectivity index (χ1) is 20.5. The van der Waals surface area contributed by atoms with Crippen molar-refractivity contribution in [1.82, 2.24) is 9.47 Å². The van der Waals surface area contributed by atoms with Crippen LogP contribution >= 0.6 is 0 Å². The average Bonchev–Trinajstić information content (AvgIpc) is 3.71. The van der Waals surface area contributed by atoms with Gasteiger partial charge in [-0.1, -0.05) is 25.5 Å². The lowest BCUT2D eigenvalue weighted by Gasteiger charge is -2.40. The van der Waals surface area contributed by atoms with Crippen LogP contribution in [0.1, 0.15) is 47.4 Å². The van der Waals surface area contributed by atoms with Crippen LogP contribution in [0.4, 0.5) is 5.69 Å². The minimum absolute atomic E-state index is 0.106. The molecule has 1 atom stereocenters. The van der Waals surface area contributed by atoms with Crippen LogP contribution in [0.3, 0.4) is 0 Å². The Morgan fingerprint density at radius 1 is 0.929 bits per heavy atom.